The maximum absolute atomic E-state index is 13.9. The third-order valence-corrected chi connectivity index (χ3v) is 8.94. The molecule has 0 atom stereocenters. The summed E-state index contributed by atoms with van der Waals surface area (Å²) in [6, 6.07) is 19.6. The van der Waals surface area contributed by atoms with Crippen LogP contribution in [0.1, 0.15) is 36.6 Å². The maximum atomic E-state index is 13.9. The fourth-order valence-electron chi connectivity index (χ4n) is 4.84. The van der Waals surface area contributed by atoms with Crippen molar-refractivity contribution in [3.8, 4) is 11.5 Å². The Morgan fingerprint density at radius 3 is 2.48 bits per heavy atom. The van der Waals surface area contributed by atoms with Crippen molar-refractivity contribution in [1.29, 1.82) is 0 Å². The minimum atomic E-state index is -4.15. The van der Waals surface area contributed by atoms with Crippen LogP contribution in [0.5, 0.6) is 11.5 Å². The van der Waals surface area contributed by atoms with E-state index < -0.39 is 27.6 Å². The van der Waals surface area contributed by atoms with Crippen molar-refractivity contribution < 1.29 is 37.0 Å². The first kappa shape index (κ1) is 27.3. The van der Waals surface area contributed by atoms with Gasteiger partial charge in [-0.2, -0.15) is 0 Å². The molecule has 2 amide bonds. The first-order chi connectivity index (χ1) is 20.2. The summed E-state index contributed by atoms with van der Waals surface area (Å²) in [5, 5.41) is 3.12. The standard InChI is InChI=1S/C30H21ClN2O8S/c1-39-30(36)21-13-24-25(41-16-40-24)14-22(21)32-28(34)18-9-10-27-23(12-18)33(15-17-5-4-6-19(31)11-17)29(35)20-7-2-3-8-26(20)42(27,37)38/h2-14H,15-16H2,1H3,(H,32,34). The Morgan fingerprint density at radius 2 is 1.71 bits per heavy atom. The molecule has 2 heterocycles. The van der Waals surface area contributed by atoms with Crippen molar-refractivity contribution in [2.24, 2.45) is 0 Å². The highest BCUT2D eigenvalue weighted by atomic mass is 35.5. The Hall–Kier alpha value is -4.87. The van der Waals surface area contributed by atoms with E-state index >= 15 is 0 Å². The van der Waals surface area contributed by atoms with Crippen molar-refractivity contribution >= 4 is 50.6 Å². The van der Waals surface area contributed by atoms with Crippen LogP contribution in [0.15, 0.2) is 88.7 Å². The number of amides is 2. The molecule has 10 nitrogen and oxygen atoms in total. The zero-order valence-electron chi connectivity index (χ0n) is 21.9. The zero-order valence-corrected chi connectivity index (χ0v) is 23.5. The lowest BCUT2D eigenvalue weighted by Crippen LogP contribution is -2.30. The summed E-state index contributed by atoms with van der Waals surface area (Å²) in [5.74, 6) is -1.31. The number of halogens is 1. The van der Waals surface area contributed by atoms with Gasteiger partial charge in [0.05, 0.1) is 45.9 Å². The normalized spacial score (nSPS) is 14.4. The van der Waals surface area contributed by atoms with Gasteiger partial charge in [0.2, 0.25) is 16.6 Å². The molecule has 0 spiro atoms. The zero-order chi connectivity index (χ0) is 29.6. The van der Waals surface area contributed by atoms with Crippen LogP contribution in [-0.4, -0.2) is 40.1 Å². The molecule has 12 heteroatoms. The number of hydrogen-bond donors (Lipinski definition) is 1. The summed E-state index contributed by atoms with van der Waals surface area (Å²) in [6.07, 6.45) is 0. The highest BCUT2D eigenvalue weighted by molar-refractivity contribution is 7.91. The molecule has 2 aliphatic rings. The van der Waals surface area contributed by atoms with Crippen molar-refractivity contribution in [3.63, 3.8) is 0 Å². The fourth-order valence-corrected chi connectivity index (χ4v) is 6.69. The Balaban J connectivity index is 1.45. The summed E-state index contributed by atoms with van der Waals surface area (Å²) < 4.78 is 43.1. The van der Waals surface area contributed by atoms with Crippen molar-refractivity contribution in [3.05, 3.63) is 106 Å². The second-order valence-corrected chi connectivity index (χ2v) is 11.7. The molecule has 0 aromatic heterocycles. The predicted molar refractivity (Wildman–Crippen MR) is 152 cm³/mol. The number of ether oxygens (including phenoxy) is 3. The number of nitrogens with one attached hydrogen (secondary N) is 1. The van der Waals surface area contributed by atoms with E-state index in [0.29, 0.717) is 22.1 Å². The van der Waals surface area contributed by atoms with Crippen LogP contribution in [0, 0.1) is 0 Å². The number of carbonyl (C=O) groups excluding carboxylic acids is 3. The first-order valence-corrected chi connectivity index (χ1v) is 14.4. The van der Waals surface area contributed by atoms with Gasteiger partial charge in [0.15, 0.2) is 11.5 Å². The van der Waals surface area contributed by atoms with Crippen LogP contribution in [0.25, 0.3) is 0 Å². The number of sulfone groups is 1. The molecule has 42 heavy (non-hydrogen) atoms. The van der Waals surface area contributed by atoms with Gasteiger partial charge in [-0.25, -0.2) is 13.2 Å². The highest BCUT2D eigenvalue weighted by Gasteiger charge is 2.36. The van der Waals surface area contributed by atoms with E-state index in [1.54, 1.807) is 36.4 Å². The molecule has 4 aromatic rings. The van der Waals surface area contributed by atoms with E-state index in [4.69, 9.17) is 25.8 Å². The Kier molecular flexibility index (Phi) is 6.83. The van der Waals surface area contributed by atoms with Crippen LogP contribution in [0.2, 0.25) is 5.02 Å². The summed E-state index contributed by atoms with van der Waals surface area (Å²) in [6.45, 7) is -0.0680. The Morgan fingerprint density at radius 1 is 0.952 bits per heavy atom. The molecule has 6 rings (SSSR count). The van der Waals surface area contributed by atoms with E-state index in [0.717, 1.165) is 0 Å². The van der Waals surface area contributed by atoms with E-state index in [2.05, 4.69) is 5.32 Å². The minimum Gasteiger partial charge on any atom is -0.465 e. The van der Waals surface area contributed by atoms with E-state index in [1.807, 2.05) is 0 Å². The van der Waals surface area contributed by atoms with Gasteiger partial charge >= 0.3 is 5.97 Å². The number of carbonyl (C=O) groups is 3. The number of esters is 1. The van der Waals surface area contributed by atoms with E-state index in [1.165, 1.54) is 54.5 Å². The second-order valence-electron chi connectivity index (χ2n) is 9.40. The maximum Gasteiger partial charge on any atom is 0.340 e. The molecule has 0 saturated heterocycles. The molecular formula is C30H21ClN2O8S. The lowest BCUT2D eigenvalue weighted by Gasteiger charge is -2.23. The van der Waals surface area contributed by atoms with Crippen LogP contribution in [0.3, 0.4) is 0 Å². The molecule has 0 bridgehead atoms. The van der Waals surface area contributed by atoms with Crippen LogP contribution in [0.4, 0.5) is 11.4 Å². The van der Waals surface area contributed by atoms with Crippen LogP contribution < -0.4 is 19.7 Å². The van der Waals surface area contributed by atoms with E-state index in [-0.39, 0.29) is 51.2 Å². The average molecular weight is 605 g/mol. The van der Waals surface area contributed by atoms with Gasteiger partial charge in [0.1, 0.15) is 0 Å². The number of hydrogen-bond acceptors (Lipinski definition) is 8. The second kappa shape index (κ2) is 10.5. The third-order valence-electron chi connectivity index (χ3n) is 6.85. The summed E-state index contributed by atoms with van der Waals surface area (Å²) >= 11 is 6.18. The Labute approximate surface area is 245 Å². The van der Waals surface area contributed by atoms with Crippen molar-refractivity contribution in [1.82, 2.24) is 0 Å². The molecule has 212 valence electrons. The van der Waals surface area contributed by atoms with Gasteiger partial charge in [-0.1, -0.05) is 35.9 Å². The largest absolute Gasteiger partial charge is 0.465 e. The molecule has 0 unspecified atom stereocenters. The molecular weight excluding hydrogens is 584 g/mol. The molecule has 2 aliphatic heterocycles. The molecule has 4 aromatic carbocycles. The van der Waals surface area contributed by atoms with Crippen LogP contribution >= 0.6 is 11.6 Å². The Bertz CT molecular complexity index is 1910. The van der Waals surface area contributed by atoms with Crippen molar-refractivity contribution in [2.45, 2.75) is 16.3 Å². The van der Waals surface area contributed by atoms with Gasteiger partial charge in [-0.05, 0) is 48.0 Å². The minimum absolute atomic E-state index is 0.00445. The van der Waals surface area contributed by atoms with Crippen molar-refractivity contribution in [2.75, 3.05) is 24.1 Å². The lowest BCUT2D eigenvalue weighted by molar-refractivity contribution is 0.0601. The summed E-state index contributed by atoms with van der Waals surface area (Å²) in [4.78, 5) is 40.9. The lowest BCUT2D eigenvalue weighted by atomic mass is 10.1. The fraction of sp³-hybridized carbons (Fsp3) is 0.100. The summed E-state index contributed by atoms with van der Waals surface area (Å²) in [5.41, 5.74) is 0.829. The molecule has 0 radical (unpaired) electrons. The van der Waals surface area contributed by atoms with E-state index in [9.17, 15) is 22.8 Å². The van der Waals surface area contributed by atoms with Crippen LogP contribution in [-0.2, 0) is 21.1 Å². The molecule has 0 fully saturated rings. The number of rotatable bonds is 5. The molecule has 1 N–H and O–H groups in total. The number of methoxy groups -OCH3 is 1. The monoisotopic (exact) mass is 604 g/mol. The molecule has 0 saturated carbocycles. The summed E-state index contributed by atoms with van der Waals surface area (Å²) in [7, 11) is -2.94. The topological polar surface area (TPSA) is 128 Å². The quantitative estimate of drug-likeness (QED) is 0.312. The third kappa shape index (κ3) is 4.72. The van der Waals surface area contributed by atoms with Gasteiger partial charge < -0.3 is 24.4 Å². The number of nitrogens with zero attached hydrogens (tertiary/aromatic N) is 1. The highest BCUT2D eigenvalue weighted by Crippen LogP contribution is 2.40. The first-order valence-electron chi connectivity index (χ1n) is 12.5. The SMILES string of the molecule is COC(=O)c1cc2c(cc1NC(=O)c1ccc3c(c1)N(Cc1cccc(Cl)c1)C(=O)c1ccccc1S3(=O)=O)OCO2. The average Bonchev–Trinajstić information content (AvgIpc) is 3.43. The number of benzene rings is 4. The molecule has 0 aliphatic carbocycles. The number of fused-ring (bicyclic) bond motifs is 3. The van der Waals surface area contributed by atoms with Gasteiger partial charge in [0, 0.05) is 22.7 Å². The smallest absolute Gasteiger partial charge is 0.340 e. The number of anilines is 2. The van der Waals surface area contributed by atoms with Gasteiger partial charge in [-0.3, -0.25) is 9.59 Å². The van der Waals surface area contributed by atoms with Gasteiger partial charge in [-0.15, -0.1) is 0 Å². The van der Waals surface area contributed by atoms with Gasteiger partial charge in [0.25, 0.3) is 11.8 Å². The predicted octanol–water partition coefficient (Wildman–Crippen LogP) is 5.10.